The van der Waals surface area contributed by atoms with Crippen molar-refractivity contribution in [3.63, 3.8) is 0 Å². The molecular weight excluding hydrogens is 260 g/mol. The number of furan rings is 1. The highest BCUT2D eigenvalue weighted by Gasteiger charge is 2.25. The Hall–Kier alpha value is -1.88. The highest BCUT2D eigenvalue weighted by atomic mass is 32.2. The van der Waals surface area contributed by atoms with Gasteiger partial charge in [-0.1, -0.05) is 0 Å². The van der Waals surface area contributed by atoms with Crippen LogP contribution in [0, 0.1) is 6.92 Å². The van der Waals surface area contributed by atoms with Crippen molar-refractivity contribution in [3.05, 3.63) is 41.9 Å². The molecule has 0 unspecified atom stereocenters. The summed E-state index contributed by atoms with van der Waals surface area (Å²) in [4.78, 5) is 15.4. The summed E-state index contributed by atoms with van der Waals surface area (Å²) in [5.74, 6) is 1.59. The quantitative estimate of drug-likeness (QED) is 0.812. The maximum atomic E-state index is 12.5. The second kappa shape index (κ2) is 4.66. The number of nitrogen functional groups attached to an aromatic ring is 1. The normalized spacial score (nSPS) is 14.3. The van der Waals surface area contributed by atoms with Crippen LogP contribution in [0.2, 0.25) is 0 Å². The molecule has 0 bridgehead atoms. The third kappa shape index (κ3) is 2.21. The third-order valence-corrected chi connectivity index (χ3v) is 4.11. The van der Waals surface area contributed by atoms with E-state index in [2.05, 4.69) is 0 Å². The van der Waals surface area contributed by atoms with Crippen molar-refractivity contribution in [2.24, 2.45) is 0 Å². The van der Waals surface area contributed by atoms with Crippen molar-refractivity contribution in [2.75, 3.05) is 22.9 Å². The van der Waals surface area contributed by atoms with Crippen molar-refractivity contribution in [3.8, 4) is 0 Å². The third-order valence-electron chi connectivity index (χ3n) is 3.07. The Morgan fingerprint density at radius 2 is 2.26 bits per heavy atom. The van der Waals surface area contributed by atoms with E-state index >= 15 is 0 Å². The Morgan fingerprint density at radius 1 is 1.42 bits per heavy atom. The maximum Gasteiger partial charge on any atom is 0.261 e. The molecule has 3 rings (SSSR count). The predicted molar refractivity (Wildman–Crippen MR) is 76.7 cm³/mol. The van der Waals surface area contributed by atoms with Gasteiger partial charge in [0.25, 0.3) is 5.91 Å². The van der Waals surface area contributed by atoms with Crippen LogP contribution < -0.4 is 10.6 Å². The zero-order chi connectivity index (χ0) is 13.4. The van der Waals surface area contributed by atoms with E-state index in [1.807, 2.05) is 25.1 Å². The molecule has 0 spiro atoms. The average molecular weight is 274 g/mol. The highest BCUT2D eigenvalue weighted by Crippen LogP contribution is 2.36. The first-order valence-corrected chi connectivity index (χ1v) is 7.03. The van der Waals surface area contributed by atoms with Crippen LogP contribution in [0.15, 0.2) is 39.8 Å². The van der Waals surface area contributed by atoms with Gasteiger partial charge in [0.2, 0.25) is 0 Å². The monoisotopic (exact) mass is 274 g/mol. The minimum atomic E-state index is -0.0380. The van der Waals surface area contributed by atoms with E-state index in [9.17, 15) is 4.79 Å². The van der Waals surface area contributed by atoms with Gasteiger partial charge >= 0.3 is 0 Å². The van der Waals surface area contributed by atoms with Crippen LogP contribution in [0.5, 0.6) is 0 Å². The lowest BCUT2D eigenvalue weighted by Crippen LogP contribution is -2.35. The number of benzene rings is 1. The molecule has 0 fully saturated rings. The van der Waals surface area contributed by atoms with E-state index < -0.39 is 0 Å². The Labute approximate surface area is 115 Å². The van der Waals surface area contributed by atoms with E-state index in [0.29, 0.717) is 17.8 Å². The summed E-state index contributed by atoms with van der Waals surface area (Å²) >= 11 is 1.75. The number of carbonyl (C=O) groups excluding carboxylic acids is 1. The lowest BCUT2D eigenvalue weighted by atomic mass is 10.2. The summed E-state index contributed by atoms with van der Waals surface area (Å²) in [6.07, 6.45) is 1.51. The van der Waals surface area contributed by atoms with Gasteiger partial charge < -0.3 is 15.1 Å². The lowest BCUT2D eigenvalue weighted by molar-refractivity contribution is 0.0987. The van der Waals surface area contributed by atoms with Crippen molar-refractivity contribution in [1.29, 1.82) is 0 Å². The van der Waals surface area contributed by atoms with Crippen molar-refractivity contribution < 1.29 is 9.21 Å². The van der Waals surface area contributed by atoms with Crippen LogP contribution in [0.25, 0.3) is 0 Å². The number of fused-ring (bicyclic) bond motifs is 1. The molecule has 1 aliphatic rings. The molecule has 2 heterocycles. The minimum absolute atomic E-state index is 0.0380. The first-order chi connectivity index (χ1) is 9.15. The molecule has 0 atom stereocenters. The van der Waals surface area contributed by atoms with Gasteiger partial charge in [-0.25, -0.2) is 0 Å². The average Bonchev–Trinajstić information content (AvgIpc) is 2.84. The Bertz CT molecular complexity index is 636. The van der Waals surface area contributed by atoms with Crippen molar-refractivity contribution >= 4 is 29.0 Å². The van der Waals surface area contributed by atoms with Gasteiger partial charge in [0.1, 0.15) is 12.0 Å². The fourth-order valence-corrected chi connectivity index (χ4v) is 3.13. The largest absolute Gasteiger partial charge is 0.469 e. The van der Waals surface area contributed by atoms with Crippen LogP contribution in [0.3, 0.4) is 0 Å². The standard InChI is InChI=1S/C14H14N2O2S/c1-9-6-10(8-18-9)14(17)16-4-5-19-13-3-2-11(15)7-12(13)16/h2-3,6-8H,4-5,15H2,1H3. The summed E-state index contributed by atoms with van der Waals surface area (Å²) in [6.45, 7) is 2.51. The molecule has 19 heavy (non-hydrogen) atoms. The number of nitrogens with two attached hydrogens (primary N) is 1. The topological polar surface area (TPSA) is 59.5 Å². The van der Waals surface area contributed by atoms with Gasteiger partial charge in [-0.2, -0.15) is 0 Å². The van der Waals surface area contributed by atoms with Crippen LogP contribution in [-0.2, 0) is 0 Å². The second-order valence-corrected chi connectivity index (χ2v) is 5.62. The number of rotatable bonds is 1. The molecule has 2 aromatic rings. The number of anilines is 2. The van der Waals surface area contributed by atoms with Gasteiger partial charge in [-0.3, -0.25) is 4.79 Å². The molecule has 4 nitrogen and oxygen atoms in total. The molecular formula is C14H14N2O2S. The first-order valence-electron chi connectivity index (χ1n) is 6.04. The molecule has 98 valence electrons. The Balaban J connectivity index is 1.99. The van der Waals surface area contributed by atoms with Gasteiger partial charge in [-0.05, 0) is 31.2 Å². The molecule has 1 amide bonds. The zero-order valence-electron chi connectivity index (χ0n) is 10.6. The Morgan fingerprint density at radius 3 is 3.00 bits per heavy atom. The SMILES string of the molecule is Cc1cc(C(=O)N2CCSc3ccc(N)cc32)co1. The number of thioether (sulfide) groups is 1. The fraction of sp³-hybridized carbons (Fsp3) is 0.214. The molecule has 0 aliphatic carbocycles. The van der Waals surface area contributed by atoms with Crippen LogP contribution >= 0.6 is 11.8 Å². The van der Waals surface area contributed by atoms with E-state index in [1.54, 1.807) is 22.7 Å². The van der Waals surface area contributed by atoms with Gasteiger partial charge in [-0.15, -0.1) is 11.8 Å². The number of hydrogen-bond acceptors (Lipinski definition) is 4. The van der Waals surface area contributed by atoms with Crippen LogP contribution in [0.4, 0.5) is 11.4 Å². The second-order valence-electron chi connectivity index (χ2n) is 4.48. The van der Waals surface area contributed by atoms with Gasteiger partial charge in [0.05, 0.1) is 11.3 Å². The predicted octanol–water partition coefficient (Wildman–Crippen LogP) is 2.92. The summed E-state index contributed by atoms with van der Waals surface area (Å²) in [7, 11) is 0. The summed E-state index contributed by atoms with van der Waals surface area (Å²) in [6, 6.07) is 7.44. The molecule has 1 aromatic carbocycles. The van der Waals surface area contributed by atoms with Crippen molar-refractivity contribution in [1.82, 2.24) is 0 Å². The smallest absolute Gasteiger partial charge is 0.261 e. The molecule has 1 aromatic heterocycles. The van der Waals surface area contributed by atoms with E-state index in [0.717, 1.165) is 22.1 Å². The zero-order valence-corrected chi connectivity index (χ0v) is 11.4. The number of nitrogens with zero attached hydrogens (tertiary/aromatic N) is 1. The fourth-order valence-electron chi connectivity index (χ4n) is 2.16. The van der Waals surface area contributed by atoms with E-state index in [1.165, 1.54) is 6.26 Å². The molecule has 5 heteroatoms. The van der Waals surface area contributed by atoms with Crippen LogP contribution in [0.1, 0.15) is 16.1 Å². The van der Waals surface area contributed by atoms with Crippen LogP contribution in [-0.4, -0.2) is 18.2 Å². The highest BCUT2D eigenvalue weighted by molar-refractivity contribution is 7.99. The lowest BCUT2D eigenvalue weighted by Gasteiger charge is -2.28. The number of aryl methyl sites for hydroxylation is 1. The molecule has 0 radical (unpaired) electrons. The van der Waals surface area contributed by atoms with Crippen molar-refractivity contribution in [2.45, 2.75) is 11.8 Å². The molecule has 2 N–H and O–H groups in total. The van der Waals surface area contributed by atoms with Gasteiger partial charge in [0.15, 0.2) is 0 Å². The number of carbonyl (C=O) groups is 1. The van der Waals surface area contributed by atoms with Gasteiger partial charge in [0, 0.05) is 22.9 Å². The molecule has 0 saturated heterocycles. The molecule has 0 saturated carbocycles. The number of hydrogen-bond donors (Lipinski definition) is 1. The summed E-state index contributed by atoms with van der Waals surface area (Å²) in [5.41, 5.74) is 7.96. The van der Waals surface area contributed by atoms with E-state index in [4.69, 9.17) is 10.2 Å². The summed E-state index contributed by atoms with van der Waals surface area (Å²) < 4.78 is 5.21. The first kappa shape index (κ1) is 12.2. The maximum absolute atomic E-state index is 12.5. The number of amides is 1. The summed E-state index contributed by atoms with van der Waals surface area (Å²) in [5, 5.41) is 0. The minimum Gasteiger partial charge on any atom is -0.469 e. The van der Waals surface area contributed by atoms with E-state index in [-0.39, 0.29) is 5.91 Å². The molecule has 1 aliphatic heterocycles. The Kier molecular flexibility index (Phi) is 2.98.